The summed E-state index contributed by atoms with van der Waals surface area (Å²) in [5.41, 5.74) is 4.84. The molecule has 2 aromatic carbocycles. The minimum atomic E-state index is -0.292. The standard InChI is InChI=1S/C16H14FNO/c1-10-7-12-9-18(14-5-3-13(17)4-6-14)16(19)15(12)8-11(10)2/h3-8H,9H2,1-2H3. The number of fused-ring (bicyclic) bond motifs is 1. The lowest BCUT2D eigenvalue weighted by molar-refractivity contribution is 0.0996. The van der Waals surface area contributed by atoms with Gasteiger partial charge in [0.05, 0.1) is 6.54 Å². The van der Waals surface area contributed by atoms with Crippen molar-refractivity contribution in [2.45, 2.75) is 20.4 Å². The van der Waals surface area contributed by atoms with Gasteiger partial charge in [-0.3, -0.25) is 4.79 Å². The smallest absolute Gasteiger partial charge is 0.258 e. The van der Waals surface area contributed by atoms with Gasteiger partial charge < -0.3 is 4.90 Å². The highest BCUT2D eigenvalue weighted by atomic mass is 19.1. The lowest BCUT2D eigenvalue weighted by atomic mass is 10.0. The molecule has 0 fully saturated rings. The van der Waals surface area contributed by atoms with Gasteiger partial charge in [0.25, 0.3) is 5.91 Å². The van der Waals surface area contributed by atoms with Crippen molar-refractivity contribution in [2.75, 3.05) is 4.90 Å². The van der Waals surface area contributed by atoms with Crippen LogP contribution in [0.5, 0.6) is 0 Å². The van der Waals surface area contributed by atoms with Crippen molar-refractivity contribution in [1.82, 2.24) is 0 Å². The van der Waals surface area contributed by atoms with Crippen LogP contribution < -0.4 is 4.90 Å². The molecule has 3 heteroatoms. The molecule has 0 N–H and O–H groups in total. The molecule has 1 aliphatic heterocycles. The van der Waals surface area contributed by atoms with Crippen molar-refractivity contribution in [1.29, 1.82) is 0 Å². The number of halogens is 1. The topological polar surface area (TPSA) is 20.3 Å². The molecule has 1 aliphatic rings. The molecule has 0 aromatic heterocycles. The number of hydrogen-bond acceptors (Lipinski definition) is 1. The number of hydrogen-bond donors (Lipinski definition) is 0. The Labute approximate surface area is 111 Å². The number of anilines is 1. The van der Waals surface area contributed by atoms with Crippen molar-refractivity contribution in [3.8, 4) is 0 Å². The fourth-order valence-electron chi connectivity index (χ4n) is 2.42. The Bertz CT molecular complexity index is 661. The zero-order valence-corrected chi connectivity index (χ0v) is 10.9. The first-order chi connectivity index (χ1) is 9.06. The molecule has 0 bridgehead atoms. The van der Waals surface area contributed by atoms with Crippen molar-refractivity contribution < 1.29 is 9.18 Å². The molecule has 0 radical (unpaired) electrons. The van der Waals surface area contributed by atoms with Gasteiger partial charge in [-0.2, -0.15) is 0 Å². The minimum absolute atomic E-state index is 0.00953. The fourth-order valence-corrected chi connectivity index (χ4v) is 2.42. The number of carbonyl (C=O) groups is 1. The van der Waals surface area contributed by atoms with Crippen LogP contribution in [0.1, 0.15) is 27.0 Å². The van der Waals surface area contributed by atoms with Crippen molar-refractivity contribution in [3.63, 3.8) is 0 Å². The molecule has 19 heavy (non-hydrogen) atoms. The zero-order chi connectivity index (χ0) is 13.6. The summed E-state index contributed by atoms with van der Waals surface area (Å²) < 4.78 is 12.9. The molecule has 3 rings (SSSR count). The van der Waals surface area contributed by atoms with E-state index in [9.17, 15) is 9.18 Å². The Kier molecular flexibility index (Phi) is 2.63. The Balaban J connectivity index is 2.01. The molecular formula is C16H14FNO. The second kappa shape index (κ2) is 4.19. The molecule has 0 aliphatic carbocycles. The number of aryl methyl sites for hydroxylation is 2. The Hall–Kier alpha value is -2.16. The van der Waals surface area contributed by atoms with Crippen molar-refractivity contribution in [3.05, 3.63) is 64.5 Å². The van der Waals surface area contributed by atoms with Crippen LogP contribution in [-0.2, 0) is 6.54 Å². The van der Waals surface area contributed by atoms with E-state index in [1.807, 2.05) is 19.9 Å². The summed E-state index contributed by atoms with van der Waals surface area (Å²) in [6.45, 7) is 4.60. The summed E-state index contributed by atoms with van der Waals surface area (Å²) in [5, 5.41) is 0. The number of nitrogens with zero attached hydrogens (tertiary/aromatic N) is 1. The molecule has 96 valence electrons. The summed E-state index contributed by atoms with van der Waals surface area (Å²) in [7, 11) is 0. The highest BCUT2D eigenvalue weighted by Gasteiger charge is 2.28. The highest BCUT2D eigenvalue weighted by molar-refractivity contribution is 6.10. The molecule has 2 aromatic rings. The Morgan fingerprint density at radius 2 is 1.68 bits per heavy atom. The molecule has 0 saturated carbocycles. The molecule has 1 heterocycles. The molecule has 0 spiro atoms. The van der Waals surface area contributed by atoms with Gasteiger partial charge >= 0.3 is 0 Å². The Morgan fingerprint density at radius 3 is 2.37 bits per heavy atom. The first-order valence-electron chi connectivity index (χ1n) is 6.24. The molecular weight excluding hydrogens is 241 g/mol. The van der Waals surface area contributed by atoms with Gasteiger partial charge in [-0.15, -0.1) is 0 Å². The van der Waals surface area contributed by atoms with Crippen LogP contribution in [-0.4, -0.2) is 5.91 Å². The maximum Gasteiger partial charge on any atom is 0.258 e. The average Bonchev–Trinajstić information content (AvgIpc) is 2.69. The van der Waals surface area contributed by atoms with Gasteiger partial charge in [-0.25, -0.2) is 4.39 Å². The SMILES string of the molecule is Cc1cc2c(cc1C)C(=O)N(c1ccc(F)cc1)C2. The van der Waals surface area contributed by atoms with Gasteiger partial charge in [-0.1, -0.05) is 6.07 Å². The number of rotatable bonds is 1. The van der Waals surface area contributed by atoms with E-state index in [0.717, 1.165) is 22.4 Å². The fraction of sp³-hybridized carbons (Fsp3) is 0.188. The third-order valence-corrected chi connectivity index (χ3v) is 3.66. The van der Waals surface area contributed by atoms with Crippen molar-refractivity contribution in [2.24, 2.45) is 0 Å². The first kappa shape index (κ1) is 11.9. The quantitative estimate of drug-likeness (QED) is 0.762. The predicted molar refractivity (Wildman–Crippen MR) is 72.8 cm³/mol. The normalized spacial score (nSPS) is 13.8. The minimum Gasteiger partial charge on any atom is -0.304 e. The van der Waals surface area contributed by atoms with E-state index >= 15 is 0 Å². The van der Waals surface area contributed by atoms with Gasteiger partial charge in [0, 0.05) is 11.3 Å². The van der Waals surface area contributed by atoms with E-state index in [1.165, 1.54) is 17.7 Å². The van der Waals surface area contributed by atoms with Gasteiger partial charge in [0.15, 0.2) is 0 Å². The van der Waals surface area contributed by atoms with Gasteiger partial charge in [0.1, 0.15) is 5.82 Å². The first-order valence-corrected chi connectivity index (χ1v) is 6.24. The van der Waals surface area contributed by atoms with E-state index in [4.69, 9.17) is 0 Å². The van der Waals surface area contributed by atoms with E-state index < -0.39 is 0 Å². The average molecular weight is 255 g/mol. The number of benzene rings is 2. The molecule has 1 amide bonds. The Morgan fingerprint density at radius 1 is 1.05 bits per heavy atom. The van der Waals surface area contributed by atoms with E-state index in [1.54, 1.807) is 17.0 Å². The van der Waals surface area contributed by atoms with Crippen LogP contribution in [0.25, 0.3) is 0 Å². The lowest BCUT2D eigenvalue weighted by Gasteiger charge is -2.15. The van der Waals surface area contributed by atoms with E-state index in [-0.39, 0.29) is 11.7 Å². The monoisotopic (exact) mass is 255 g/mol. The second-order valence-electron chi connectivity index (χ2n) is 4.96. The maximum atomic E-state index is 12.9. The second-order valence-corrected chi connectivity index (χ2v) is 4.96. The highest BCUT2D eigenvalue weighted by Crippen LogP contribution is 2.30. The van der Waals surface area contributed by atoms with E-state index in [0.29, 0.717) is 6.54 Å². The van der Waals surface area contributed by atoms with Crippen LogP contribution in [0.4, 0.5) is 10.1 Å². The predicted octanol–water partition coefficient (Wildman–Crippen LogP) is 3.60. The van der Waals surface area contributed by atoms with Crippen LogP contribution in [0, 0.1) is 19.7 Å². The summed E-state index contributed by atoms with van der Waals surface area (Å²) in [4.78, 5) is 14.1. The molecule has 0 unspecified atom stereocenters. The van der Waals surface area contributed by atoms with Crippen LogP contribution in [0.15, 0.2) is 36.4 Å². The van der Waals surface area contributed by atoms with Crippen LogP contribution >= 0.6 is 0 Å². The third kappa shape index (κ3) is 1.91. The largest absolute Gasteiger partial charge is 0.304 e. The molecule has 0 atom stereocenters. The molecule has 0 saturated heterocycles. The van der Waals surface area contributed by atoms with Crippen LogP contribution in [0.3, 0.4) is 0 Å². The van der Waals surface area contributed by atoms with E-state index in [2.05, 4.69) is 6.07 Å². The summed E-state index contributed by atoms with van der Waals surface area (Å²) in [6, 6.07) is 10.0. The number of amides is 1. The van der Waals surface area contributed by atoms with Gasteiger partial charge in [-0.05, 0) is 60.9 Å². The van der Waals surface area contributed by atoms with Gasteiger partial charge in [0.2, 0.25) is 0 Å². The number of carbonyl (C=O) groups excluding carboxylic acids is 1. The third-order valence-electron chi connectivity index (χ3n) is 3.66. The summed E-state index contributed by atoms with van der Waals surface area (Å²) in [5.74, 6) is -0.302. The van der Waals surface area contributed by atoms with Crippen LogP contribution in [0.2, 0.25) is 0 Å². The summed E-state index contributed by atoms with van der Waals surface area (Å²) >= 11 is 0. The van der Waals surface area contributed by atoms with Crippen molar-refractivity contribution >= 4 is 11.6 Å². The zero-order valence-electron chi connectivity index (χ0n) is 10.9. The maximum absolute atomic E-state index is 12.9. The summed E-state index contributed by atoms with van der Waals surface area (Å²) in [6.07, 6.45) is 0. The lowest BCUT2D eigenvalue weighted by Crippen LogP contribution is -2.22. The molecule has 2 nitrogen and oxygen atoms in total.